The van der Waals surface area contributed by atoms with Crippen LogP contribution in [0.1, 0.15) is 19.4 Å². The Morgan fingerprint density at radius 3 is 2.90 bits per heavy atom. The van der Waals surface area contributed by atoms with Crippen LogP contribution in [0.5, 0.6) is 0 Å². The average molecular weight is 272 g/mol. The minimum Gasteiger partial charge on any atom is -0.336 e. The Morgan fingerprint density at radius 2 is 2.20 bits per heavy atom. The summed E-state index contributed by atoms with van der Waals surface area (Å²) in [5.41, 5.74) is 1.95. The van der Waals surface area contributed by atoms with E-state index in [-0.39, 0.29) is 5.91 Å². The van der Waals surface area contributed by atoms with Crippen LogP contribution in [0.3, 0.4) is 0 Å². The predicted molar refractivity (Wildman–Crippen MR) is 79.3 cm³/mol. The van der Waals surface area contributed by atoms with Crippen molar-refractivity contribution in [3.63, 3.8) is 0 Å². The Balaban J connectivity index is 1.91. The molecule has 106 valence electrons. The molecule has 1 aromatic heterocycles. The maximum Gasteiger partial charge on any atom is 0.221 e. The van der Waals surface area contributed by atoms with Gasteiger partial charge in [0.05, 0.1) is 6.33 Å². The molecular weight excluding hydrogens is 252 g/mol. The molecule has 2 N–H and O–H groups in total. The number of hydrogen-bond donors (Lipinski definition) is 2. The van der Waals surface area contributed by atoms with E-state index >= 15 is 0 Å². The molecule has 0 radical (unpaired) electrons. The summed E-state index contributed by atoms with van der Waals surface area (Å²) < 4.78 is 2.04. The largest absolute Gasteiger partial charge is 0.336 e. The second-order valence-electron chi connectivity index (χ2n) is 4.88. The van der Waals surface area contributed by atoms with Gasteiger partial charge in [-0.05, 0) is 18.6 Å². The highest BCUT2D eigenvalue weighted by Crippen LogP contribution is 2.14. The molecule has 5 heteroatoms. The van der Waals surface area contributed by atoms with Crippen molar-refractivity contribution in [3.05, 3.63) is 48.5 Å². The van der Waals surface area contributed by atoms with Crippen LogP contribution >= 0.6 is 0 Å². The summed E-state index contributed by atoms with van der Waals surface area (Å²) >= 11 is 0. The van der Waals surface area contributed by atoms with Gasteiger partial charge in [-0.3, -0.25) is 4.79 Å². The van der Waals surface area contributed by atoms with Crippen LogP contribution in [0.2, 0.25) is 0 Å². The van der Waals surface area contributed by atoms with Crippen LogP contribution < -0.4 is 10.6 Å². The first kappa shape index (κ1) is 14.3. The molecule has 0 saturated heterocycles. The number of nitrogens with zero attached hydrogens (tertiary/aromatic N) is 2. The number of para-hydroxylation sites is 1. The molecule has 1 atom stereocenters. The van der Waals surface area contributed by atoms with E-state index in [1.165, 1.54) is 6.92 Å². The highest BCUT2D eigenvalue weighted by atomic mass is 16.1. The van der Waals surface area contributed by atoms with Crippen LogP contribution in [0.4, 0.5) is 5.69 Å². The van der Waals surface area contributed by atoms with E-state index in [4.69, 9.17) is 0 Å². The molecule has 1 heterocycles. The lowest BCUT2D eigenvalue weighted by molar-refractivity contribution is -0.114. The summed E-state index contributed by atoms with van der Waals surface area (Å²) in [6.07, 6.45) is 5.53. The molecule has 1 unspecified atom stereocenters. The lowest BCUT2D eigenvalue weighted by atomic mass is 10.1. The molecule has 0 aliphatic rings. The second kappa shape index (κ2) is 6.86. The van der Waals surface area contributed by atoms with Crippen molar-refractivity contribution in [1.82, 2.24) is 14.9 Å². The third-order valence-corrected chi connectivity index (χ3v) is 3.01. The first-order valence-electron chi connectivity index (χ1n) is 6.70. The summed E-state index contributed by atoms with van der Waals surface area (Å²) in [5.74, 6) is -0.0519. The normalized spacial score (nSPS) is 12.1. The monoisotopic (exact) mass is 272 g/mol. The van der Waals surface area contributed by atoms with Crippen LogP contribution in [0.15, 0.2) is 43.0 Å². The topological polar surface area (TPSA) is 59.0 Å². The fourth-order valence-corrected chi connectivity index (χ4v) is 2.05. The van der Waals surface area contributed by atoms with Crippen molar-refractivity contribution in [1.29, 1.82) is 0 Å². The van der Waals surface area contributed by atoms with E-state index in [2.05, 4.69) is 22.5 Å². The zero-order valence-corrected chi connectivity index (χ0v) is 11.8. The Hall–Kier alpha value is -2.14. The van der Waals surface area contributed by atoms with E-state index < -0.39 is 0 Å². The summed E-state index contributed by atoms with van der Waals surface area (Å²) in [5, 5.41) is 6.30. The predicted octanol–water partition coefficient (Wildman–Crippen LogP) is 2.02. The minimum atomic E-state index is -0.0519. The average Bonchev–Trinajstić information content (AvgIpc) is 2.90. The van der Waals surface area contributed by atoms with Crippen LogP contribution in [-0.4, -0.2) is 21.5 Å². The van der Waals surface area contributed by atoms with Gasteiger partial charge in [-0.1, -0.05) is 18.2 Å². The molecule has 2 aromatic rings. The third-order valence-electron chi connectivity index (χ3n) is 3.01. The van der Waals surface area contributed by atoms with Crippen LogP contribution in [0.25, 0.3) is 0 Å². The highest BCUT2D eigenvalue weighted by Gasteiger charge is 2.06. The van der Waals surface area contributed by atoms with E-state index in [1.807, 2.05) is 41.4 Å². The van der Waals surface area contributed by atoms with Crippen molar-refractivity contribution in [3.8, 4) is 0 Å². The number of hydrogen-bond acceptors (Lipinski definition) is 3. The molecule has 1 amide bonds. The lowest BCUT2D eigenvalue weighted by Gasteiger charge is -2.16. The molecule has 1 aromatic carbocycles. The van der Waals surface area contributed by atoms with Crippen molar-refractivity contribution in [2.75, 3.05) is 5.32 Å². The molecule has 2 rings (SSSR count). The Kier molecular flexibility index (Phi) is 4.90. The molecular formula is C15H20N4O. The first-order valence-corrected chi connectivity index (χ1v) is 6.70. The summed E-state index contributed by atoms with van der Waals surface area (Å²) in [6, 6.07) is 8.14. The number of aromatic nitrogens is 2. The van der Waals surface area contributed by atoms with Gasteiger partial charge < -0.3 is 15.2 Å². The van der Waals surface area contributed by atoms with Crippen molar-refractivity contribution in [2.24, 2.45) is 0 Å². The van der Waals surface area contributed by atoms with Crippen molar-refractivity contribution < 1.29 is 4.79 Å². The van der Waals surface area contributed by atoms with Crippen LogP contribution in [0, 0.1) is 0 Å². The van der Waals surface area contributed by atoms with Gasteiger partial charge >= 0.3 is 0 Å². The molecule has 20 heavy (non-hydrogen) atoms. The molecule has 0 aliphatic carbocycles. The molecule has 0 saturated carbocycles. The zero-order valence-electron chi connectivity index (χ0n) is 11.8. The van der Waals surface area contributed by atoms with Gasteiger partial charge in [0, 0.05) is 44.1 Å². The molecule has 0 fully saturated rings. The van der Waals surface area contributed by atoms with Crippen molar-refractivity contribution in [2.45, 2.75) is 33.0 Å². The number of benzene rings is 1. The fourth-order valence-electron chi connectivity index (χ4n) is 2.05. The van der Waals surface area contributed by atoms with Gasteiger partial charge in [0.2, 0.25) is 5.91 Å². The first-order chi connectivity index (χ1) is 9.65. The second-order valence-corrected chi connectivity index (χ2v) is 4.88. The minimum absolute atomic E-state index is 0.0519. The number of anilines is 1. The molecule has 0 spiro atoms. The smallest absolute Gasteiger partial charge is 0.221 e. The number of amides is 1. The van der Waals surface area contributed by atoms with E-state index in [9.17, 15) is 4.79 Å². The maximum absolute atomic E-state index is 11.2. The molecule has 0 bridgehead atoms. The van der Waals surface area contributed by atoms with E-state index in [0.29, 0.717) is 12.6 Å². The number of carbonyl (C=O) groups excluding carboxylic acids is 1. The van der Waals surface area contributed by atoms with Gasteiger partial charge in [-0.15, -0.1) is 0 Å². The fraction of sp³-hybridized carbons (Fsp3) is 0.333. The van der Waals surface area contributed by atoms with Gasteiger partial charge in [0.1, 0.15) is 0 Å². The molecule has 5 nitrogen and oxygen atoms in total. The Labute approximate surface area is 119 Å². The quantitative estimate of drug-likeness (QED) is 0.846. The summed E-state index contributed by atoms with van der Waals surface area (Å²) in [6.45, 7) is 5.22. The number of nitrogens with one attached hydrogen (secondary N) is 2. The van der Waals surface area contributed by atoms with E-state index in [0.717, 1.165) is 17.8 Å². The number of imidazole rings is 1. The Morgan fingerprint density at radius 1 is 1.40 bits per heavy atom. The van der Waals surface area contributed by atoms with E-state index in [1.54, 1.807) is 6.20 Å². The Bertz CT molecular complexity index is 551. The number of carbonyl (C=O) groups is 1. The summed E-state index contributed by atoms with van der Waals surface area (Å²) in [7, 11) is 0. The van der Waals surface area contributed by atoms with Gasteiger partial charge in [0.25, 0.3) is 0 Å². The maximum atomic E-state index is 11.2. The van der Waals surface area contributed by atoms with Crippen molar-refractivity contribution >= 4 is 11.6 Å². The third kappa shape index (κ3) is 4.20. The highest BCUT2D eigenvalue weighted by molar-refractivity contribution is 5.89. The zero-order chi connectivity index (χ0) is 14.4. The molecule has 0 aliphatic heterocycles. The van der Waals surface area contributed by atoms with Gasteiger partial charge in [-0.2, -0.15) is 0 Å². The van der Waals surface area contributed by atoms with Crippen LogP contribution in [-0.2, 0) is 17.9 Å². The SMILES string of the molecule is CC(=O)Nc1ccccc1CNC(C)Cn1ccnc1. The summed E-state index contributed by atoms with van der Waals surface area (Å²) in [4.78, 5) is 15.2. The van der Waals surface area contributed by atoms with Gasteiger partial charge in [-0.25, -0.2) is 4.98 Å². The number of rotatable bonds is 6. The van der Waals surface area contributed by atoms with Gasteiger partial charge in [0.15, 0.2) is 0 Å². The lowest BCUT2D eigenvalue weighted by Crippen LogP contribution is -2.30. The standard InChI is InChI=1S/C15H20N4O/c1-12(10-19-8-7-16-11-19)17-9-14-5-3-4-6-15(14)18-13(2)20/h3-8,11-12,17H,9-10H2,1-2H3,(H,18,20).